The minimum absolute atomic E-state index is 0.0466. The Morgan fingerprint density at radius 1 is 1.00 bits per heavy atom. The number of nitrogens with zero attached hydrogens (tertiary/aromatic N) is 3. The SMILES string of the molecule is CN(c1ccccc1)S(=O)(=O)c1cccc(C(=O)Nc2cccc(Cn3ccnc3)c2)c1. The first-order valence-electron chi connectivity index (χ1n) is 9.93. The average Bonchev–Trinajstić information content (AvgIpc) is 3.32. The highest BCUT2D eigenvalue weighted by Gasteiger charge is 2.22. The fourth-order valence-corrected chi connectivity index (χ4v) is 4.52. The first-order valence-corrected chi connectivity index (χ1v) is 11.4. The van der Waals surface area contributed by atoms with Crippen LogP contribution in [0.2, 0.25) is 0 Å². The molecule has 0 bridgehead atoms. The lowest BCUT2D eigenvalue weighted by molar-refractivity contribution is 0.102. The number of anilines is 2. The van der Waals surface area contributed by atoms with Crippen LogP contribution in [0.4, 0.5) is 11.4 Å². The molecule has 0 saturated carbocycles. The van der Waals surface area contributed by atoms with Crippen molar-refractivity contribution in [3.05, 3.63) is 109 Å². The maximum atomic E-state index is 13.0. The molecule has 1 N–H and O–H groups in total. The zero-order valence-corrected chi connectivity index (χ0v) is 18.2. The molecule has 0 fully saturated rings. The minimum Gasteiger partial charge on any atom is -0.333 e. The van der Waals surface area contributed by atoms with Crippen LogP contribution in [0.1, 0.15) is 15.9 Å². The number of aromatic nitrogens is 2. The number of rotatable bonds is 7. The average molecular weight is 447 g/mol. The summed E-state index contributed by atoms with van der Waals surface area (Å²) in [4.78, 5) is 16.9. The molecular formula is C24H22N4O3S. The number of hydrogen-bond acceptors (Lipinski definition) is 4. The van der Waals surface area contributed by atoms with E-state index >= 15 is 0 Å². The van der Waals surface area contributed by atoms with Gasteiger partial charge >= 0.3 is 0 Å². The first kappa shape index (κ1) is 21.3. The summed E-state index contributed by atoms with van der Waals surface area (Å²) in [5.41, 5.74) is 2.42. The van der Waals surface area contributed by atoms with E-state index in [-0.39, 0.29) is 16.4 Å². The lowest BCUT2D eigenvalue weighted by Crippen LogP contribution is -2.26. The molecular weight excluding hydrogens is 424 g/mol. The standard InChI is InChI=1S/C24H22N4O3S/c1-27(22-10-3-2-4-11-22)32(30,31)23-12-6-8-20(16-23)24(29)26-21-9-5-7-19(15-21)17-28-14-13-25-18-28/h2-16,18H,17H2,1H3,(H,26,29). The maximum Gasteiger partial charge on any atom is 0.264 e. The van der Waals surface area contributed by atoms with E-state index in [1.165, 1.54) is 23.5 Å². The first-order chi connectivity index (χ1) is 15.4. The number of para-hydroxylation sites is 1. The Kier molecular flexibility index (Phi) is 6.04. The summed E-state index contributed by atoms with van der Waals surface area (Å²) >= 11 is 0. The van der Waals surface area contributed by atoms with Crippen LogP contribution in [0, 0.1) is 0 Å². The van der Waals surface area contributed by atoms with Gasteiger partial charge in [-0.2, -0.15) is 0 Å². The number of carbonyl (C=O) groups excluding carboxylic acids is 1. The quantitative estimate of drug-likeness (QED) is 0.465. The largest absolute Gasteiger partial charge is 0.333 e. The number of imidazole rings is 1. The molecule has 0 aliphatic rings. The van der Waals surface area contributed by atoms with Crippen molar-refractivity contribution >= 4 is 27.3 Å². The van der Waals surface area contributed by atoms with Gasteiger partial charge in [0.2, 0.25) is 0 Å². The number of amides is 1. The maximum absolute atomic E-state index is 13.0. The minimum atomic E-state index is -3.81. The van der Waals surface area contributed by atoms with E-state index in [1.807, 2.05) is 35.0 Å². The Morgan fingerprint density at radius 2 is 1.78 bits per heavy atom. The Hall–Kier alpha value is -3.91. The molecule has 4 aromatic rings. The number of carbonyl (C=O) groups is 1. The van der Waals surface area contributed by atoms with Crippen LogP contribution in [0.15, 0.2) is 102 Å². The van der Waals surface area contributed by atoms with E-state index in [0.29, 0.717) is 17.9 Å². The van der Waals surface area contributed by atoms with Gasteiger partial charge in [0, 0.05) is 37.2 Å². The van der Waals surface area contributed by atoms with Gasteiger partial charge in [0.25, 0.3) is 15.9 Å². The fourth-order valence-electron chi connectivity index (χ4n) is 3.27. The van der Waals surface area contributed by atoms with E-state index in [0.717, 1.165) is 5.56 Å². The van der Waals surface area contributed by atoms with Crippen molar-refractivity contribution in [2.45, 2.75) is 11.4 Å². The van der Waals surface area contributed by atoms with Gasteiger partial charge in [-0.05, 0) is 48.0 Å². The summed E-state index contributed by atoms with van der Waals surface area (Å²) in [6.45, 7) is 0.628. The highest BCUT2D eigenvalue weighted by Crippen LogP contribution is 2.23. The van der Waals surface area contributed by atoms with Gasteiger partial charge in [-0.3, -0.25) is 9.10 Å². The normalized spacial score (nSPS) is 11.2. The smallest absolute Gasteiger partial charge is 0.264 e. The van der Waals surface area contributed by atoms with Crippen LogP contribution in [-0.4, -0.2) is 30.9 Å². The van der Waals surface area contributed by atoms with Gasteiger partial charge in [-0.15, -0.1) is 0 Å². The molecule has 1 heterocycles. The number of benzene rings is 3. The molecule has 162 valence electrons. The summed E-state index contributed by atoms with van der Waals surface area (Å²) in [7, 11) is -2.32. The van der Waals surface area contributed by atoms with E-state index in [9.17, 15) is 13.2 Å². The molecule has 1 aromatic heterocycles. The second-order valence-corrected chi connectivity index (χ2v) is 9.19. The third kappa shape index (κ3) is 4.70. The Labute approximate surface area is 187 Å². The highest BCUT2D eigenvalue weighted by molar-refractivity contribution is 7.92. The lowest BCUT2D eigenvalue weighted by atomic mass is 10.1. The molecule has 4 rings (SSSR count). The van der Waals surface area contributed by atoms with Gasteiger partial charge in [0.15, 0.2) is 0 Å². The van der Waals surface area contributed by atoms with Gasteiger partial charge in [-0.25, -0.2) is 13.4 Å². The summed E-state index contributed by atoms with van der Waals surface area (Å²) in [5, 5.41) is 2.85. The fraction of sp³-hybridized carbons (Fsp3) is 0.0833. The van der Waals surface area contributed by atoms with Crippen molar-refractivity contribution in [1.82, 2.24) is 9.55 Å². The van der Waals surface area contributed by atoms with Gasteiger partial charge in [0.1, 0.15) is 0 Å². The zero-order chi connectivity index (χ0) is 22.6. The predicted octanol–water partition coefficient (Wildman–Crippen LogP) is 4.01. The van der Waals surface area contributed by atoms with E-state index in [1.54, 1.807) is 55.0 Å². The molecule has 0 atom stereocenters. The number of sulfonamides is 1. The molecule has 0 saturated heterocycles. The molecule has 0 unspecified atom stereocenters. The van der Waals surface area contributed by atoms with Gasteiger partial charge in [0.05, 0.1) is 16.9 Å². The predicted molar refractivity (Wildman–Crippen MR) is 124 cm³/mol. The molecule has 0 aliphatic carbocycles. The highest BCUT2D eigenvalue weighted by atomic mass is 32.2. The molecule has 1 amide bonds. The van der Waals surface area contributed by atoms with Gasteiger partial charge in [-0.1, -0.05) is 36.4 Å². The molecule has 0 aliphatic heterocycles. The summed E-state index contributed by atoms with van der Waals surface area (Å²) in [5.74, 6) is -0.385. The van der Waals surface area contributed by atoms with Crippen molar-refractivity contribution in [3.63, 3.8) is 0 Å². The molecule has 0 radical (unpaired) electrons. The van der Waals surface area contributed by atoms with Crippen LogP contribution in [0.3, 0.4) is 0 Å². The van der Waals surface area contributed by atoms with Crippen LogP contribution < -0.4 is 9.62 Å². The Bertz CT molecular complexity index is 1320. The molecule has 32 heavy (non-hydrogen) atoms. The molecule has 0 spiro atoms. The van der Waals surface area contributed by atoms with Crippen molar-refractivity contribution in [2.24, 2.45) is 0 Å². The van der Waals surface area contributed by atoms with E-state index in [2.05, 4.69) is 10.3 Å². The summed E-state index contributed by atoms with van der Waals surface area (Å²) in [6.07, 6.45) is 5.30. The molecule has 8 heteroatoms. The molecule has 3 aromatic carbocycles. The third-order valence-electron chi connectivity index (χ3n) is 4.98. The van der Waals surface area contributed by atoms with E-state index in [4.69, 9.17) is 0 Å². The Balaban J connectivity index is 1.53. The van der Waals surface area contributed by atoms with Crippen LogP contribution in [-0.2, 0) is 16.6 Å². The number of hydrogen-bond donors (Lipinski definition) is 1. The van der Waals surface area contributed by atoms with Crippen molar-refractivity contribution in [1.29, 1.82) is 0 Å². The second-order valence-electron chi connectivity index (χ2n) is 7.23. The van der Waals surface area contributed by atoms with Crippen molar-refractivity contribution in [3.8, 4) is 0 Å². The van der Waals surface area contributed by atoms with Crippen LogP contribution >= 0.6 is 0 Å². The second kappa shape index (κ2) is 9.07. The van der Waals surface area contributed by atoms with Crippen molar-refractivity contribution < 1.29 is 13.2 Å². The van der Waals surface area contributed by atoms with Crippen molar-refractivity contribution in [2.75, 3.05) is 16.7 Å². The summed E-state index contributed by atoms with van der Waals surface area (Å²) in [6, 6.07) is 22.3. The third-order valence-corrected chi connectivity index (χ3v) is 6.77. The topological polar surface area (TPSA) is 84.3 Å². The zero-order valence-electron chi connectivity index (χ0n) is 17.4. The monoisotopic (exact) mass is 446 g/mol. The van der Waals surface area contributed by atoms with E-state index < -0.39 is 10.0 Å². The summed E-state index contributed by atoms with van der Waals surface area (Å²) < 4.78 is 29.2. The number of nitrogens with one attached hydrogen (secondary N) is 1. The van der Waals surface area contributed by atoms with Crippen LogP contribution in [0.25, 0.3) is 0 Å². The Morgan fingerprint density at radius 3 is 2.53 bits per heavy atom. The van der Waals surface area contributed by atoms with Crippen LogP contribution in [0.5, 0.6) is 0 Å². The lowest BCUT2D eigenvalue weighted by Gasteiger charge is -2.19. The van der Waals surface area contributed by atoms with Gasteiger partial charge < -0.3 is 9.88 Å². The molecule has 7 nitrogen and oxygen atoms in total.